The highest BCUT2D eigenvalue weighted by molar-refractivity contribution is 5.51. The summed E-state index contributed by atoms with van der Waals surface area (Å²) >= 11 is 0. The van der Waals surface area contributed by atoms with Crippen molar-refractivity contribution in [2.24, 2.45) is 0 Å². The van der Waals surface area contributed by atoms with Crippen LogP contribution in [0.4, 0.5) is 0 Å². The van der Waals surface area contributed by atoms with Crippen molar-refractivity contribution in [3.05, 3.63) is 28.8 Å². The van der Waals surface area contributed by atoms with Gasteiger partial charge in [0.1, 0.15) is 5.75 Å². The number of hydrogen-bond acceptors (Lipinski definition) is 2. The summed E-state index contributed by atoms with van der Waals surface area (Å²) in [4.78, 5) is 2.57. The summed E-state index contributed by atoms with van der Waals surface area (Å²) in [6, 6.07) is 4.04. The Kier molecular flexibility index (Phi) is 4.91. The van der Waals surface area contributed by atoms with E-state index in [1.807, 2.05) is 6.07 Å². The van der Waals surface area contributed by atoms with Crippen molar-refractivity contribution >= 4 is 0 Å². The average Bonchev–Trinajstić information content (AvgIpc) is 2.39. The molecule has 0 saturated carbocycles. The molecule has 2 heteroatoms. The lowest BCUT2D eigenvalue weighted by atomic mass is 9.72. The number of aromatic hydroxyl groups is 1. The Labute approximate surface area is 136 Å². The van der Waals surface area contributed by atoms with E-state index in [1.165, 1.54) is 43.5 Å². The first-order valence-corrected chi connectivity index (χ1v) is 8.69. The van der Waals surface area contributed by atoms with Crippen LogP contribution in [-0.4, -0.2) is 23.1 Å². The molecular weight excluding hydrogens is 270 g/mol. The summed E-state index contributed by atoms with van der Waals surface area (Å²) in [5, 5.41) is 10.5. The molecule has 1 N–H and O–H groups in total. The Morgan fingerprint density at radius 1 is 0.864 bits per heavy atom. The second-order valence-electron chi connectivity index (χ2n) is 8.83. The van der Waals surface area contributed by atoms with Crippen molar-refractivity contribution in [3.63, 3.8) is 0 Å². The van der Waals surface area contributed by atoms with Gasteiger partial charge in [-0.15, -0.1) is 0 Å². The van der Waals surface area contributed by atoms with Gasteiger partial charge in [0, 0.05) is 12.1 Å². The zero-order valence-corrected chi connectivity index (χ0v) is 15.3. The first-order chi connectivity index (χ1) is 10.1. The van der Waals surface area contributed by atoms with E-state index in [0.717, 1.165) is 12.1 Å². The Hall–Kier alpha value is -1.02. The van der Waals surface area contributed by atoms with E-state index in [1.54, 1.807) is 0 Å². The van der Waals surface area contributed by atoms with E-state index in [4.69, 9.17) is 0 Å². The topological polar surface area (TPSA) is 23.5 Å². The smallest absolute Gasteiger partial charge is 0.119 e. The Morgan fingerprint density at radius 2 is 1.41 bits per heavy atom. The minimum absolute atomic E-state index is 0.0342. The van der Waals surface area contributed by atoms with E-state index < -0.39 is 0 Å². The SMILES string of the molecule is CC(C)(C)c1c(O)ccc(CN2CCCCC2)c1C(C)(C)C. The summed E-state index contributed by atoms with van der Waals surface area (Å²) in [5.41, 5.74) is 3.83. The van der Waals surface area contributed by atoms with Crippen molar-refractivity contribution in [1.82, 2.24) is 4.90 Å². The van der Waals surface area contributed by atoms with E-state index in [9.17, 15) is 5.11 Å². The molecule has 1 saturated heterocycles. The van der Waals surface area contributed by atoms with E-state index in [0.29, 0.717) is 5.75 Å². The highest BCUT2D eigenvalue weighted by atomic mass is 16.3. The van der Waals surface area contributed by atoms with Crippen LogP contribution in [0.5, 0.6) is 5.75 Å². The lowest BCUT2D eigenvalue weighted by Gasteiger charge is -2.35. The Balaban J connectivity index is 2.49. The fourth-order valence-corrected chi connectivity index (χ4v) is 3.74. The van der Waals surface area contributed by atoms with Crippen LogP contribution in [0.1, 0.15) is 77.5 Å². The lowest BCUT2D eigenvalue weighted by molar-refractivity contribution is 0.219. The molecule has 1 aromatic rings. The van der Waals surface area contributed by atoms with Crippen LogP contribution in [0.15, 0.2) is 12.1 Å². The molecule has 0 unspecified atom stereocenters. The summed E-state index contributed by atoms with van der Waals surface area (Å²) in [6.07, 6.45) is 4.00. The number of piperidine rings is 1. The van der Waals surface area contributed by atoms with Crippen LogP contribution < -0.4 is 0 Å². The number of phenolic OH excluding ortho intramolecular Hbond substituents is 1. The number of rotatable bonds is 2. The molecule has 0 atom stereocenters. The number of hydrogen-bond donors (Lipinski definition) is 1. The molecule has 124 valence electrons. The molecule has 1 aliphatic heterocycles. The predicted octanol–water partition coefficient (Wildman–Crippen LogP) is 4.97. The molecule has 1 aliphatic rings. The average molecular weight is 303 g/mol. The molecule has 0 radical (unpaired) electrons. The normalized spacial score (nSPS) is 17.7. The van der Waals surface area contributed by atoms with Crippen LogP contribution >= 0.6 is 0 Å². The minimum atomic E-state index is -0.0510. The fraction of sp³-hybridized carbons (Fsp3) is 0.700. The largest absolute Gasteiger partial charge is 0.508 e. The highest BCUT2D eigenvalue weighted by Crippen LogP contribution is 2.41. The molecule has 1 heterocycles. The predicted molar refractivity (Wildman–Crippen MR) is 94.6 cm³/mol. The van der Waals surface area contributed by atoms with Gasteiger partial charge in [-0.2, -0.15) is 0 Å². The molecular formula is C20H33NO. The van der Waals surface area contributed by atoms with E-state index >= 15 is 0 Å². The van der Waals surface area contributed by atoms with E-state index in [-0.39, 0.29) is 10.8 Å². The van der Waals surface area contributed by atoms with Crippen molar-refractivity contribution in [2.45, 2.75) is 78.2 Å². The van der Waals surface area contributed by atoms with Crippen LogP contribution in [-0.2, 0) is 17.4 Å². The zero-order chi connectivity index (χ0) is 16.5. The molecule has 1 fully saturated rings. The zero-order valence-electron chi connectivity index (χ0n) is 15.3. The summed E-state index contributed by atoms with van der Waals surface area (Å²) in [7, 11) is 0. The lowest BCUT2D eigenvalue weighted by Crippen LogP contribution is -2.31. The van der Waals surface area contributed by atoms with Gasteiger partial charge < -0.3 is 5.11 Å². The van der Waals surface area contributed by atoms with Crippen molar-refractivity contribution in [3.8, 4) is 5.75 Å². The second kappa shape index (κ2) is 6.23. The summed E-state index contributed by atoms with van der Waals surface area (Å²) < 4.78 is 0. The highest BCUT2D eigenvalue weighted by Gasteiger charge is 2.30. The standard InChI is InChI=1S/C20H33NO/c1-19(2,3)17-15(14-21-12-8-7-9-13-21)10-11-16(22)18(17)20(4,5)6/h10-11,22H,7-9,12-14H2,1-6H3. The molecule has 1 aromatic carbocycles. The van der Waals surface area contributed by atoms with Gasteiger partial charge in [-0.05, 0) is 54.0 Å². The molecule has 0 spiro atoms. The fourth-order valence-electron chi connectivity index (χ4n) is 3.74. The second-order valence-corrected chi connectivity index (χ2v) is 8.83. The molecule has 2 nitrogen and oxygen atoms in total. The van der Waals surface area contributed by atoms with Gasteiger partial charge in [-0.1, -0.05) is 54.0 Å². The first-order valence-electron chi connectivity index (χ1n) is 8.69. The van der Waals surface area contributed by atoms with Crippen molar-refractivity contribution in [1.29, 1.82) is 0 Å². The van der Waals surface area contributed by atoms with Crippen LogP contribution in [0.25, 0.3) is 0 Å². The quantitative estimate of drug-likeness (QED) is 0.833. The third-order valence-electron chi connectivity index (χ3n) is 4.61. The Bertz CT molecular complexity index is 514. The summed E-state index contributed by atoms with van der Waals surface area (Å²) in [6.45, 7) is 16.8. The van der Waals surface area contributed by atoms with Crippen LogP contribution in [0.2, 0.25) is 0 Å². The third-order valence-corrected chi connectivity index (χ3v) is 4.61. The number of benzene rings is 1. The molecule has 22 heavy (non-hydrogen) atoms. The number of likely N-dealkylation sites (tertiary alicyclic amines) is 1. The van der Waals surface area contributed by atoms with Gasteiger partial charge in [0.25, 0.3) is 0 Å². The van der Waals surface area contributed by atoms with Gasteiger partial charge >= 0.3 is 0 Å². The van der Waals surface area contributed by atoms with E-state index in [2.05, 4.69) is 52.5 Å². The maximum Gasteiger partial charge on any atom is 0.119 e. The van der Waals surface area contributed by atoms with Gasteiger partial charge in [0.2, 0.25) is 0 Å². The maximum absolute atomic E-state index is 10.5. The van der Waals surface area contributed by atoms with Crippen molar-refractivity contribution < 1.29 is 5.11 Å². The van der Waals surface area contributed by atoms with Gasteiger partial charge in [0.15, 0.2) is 0 Å². The maximum atomic E-state index is 10.5. The molecule has 0 aromatic heterocycles. The number of phenols is 1. The Morgan fingerprint density at radius 3 is 1.91 bits per heavy atom. The third kappa shape index (κ3) is 3.84. The van der Waals surface area contributed by atoms with Crippen molar-refractivity contribution in [2.75, 3.05) is 13.1 Å². The van der Waals surface area contributed by atoms with Gasteiger partial charge in [-0.3, -0.25) is 4.90 Å². The number of nitrogens with zero attached hydrogens (tertiary/aromatic N) is 1. The van der Waals surface area contributed by atoms with Gasteiger partial charge in [0.05, 0.1) is 0 Å². The van der Waals surface area contributed by atoms with Gasteiger partial charge in [-0.25, -0.2) is 0 Å². The molecule has 0 amide bonds. The first kappa shape index (κ1) is 17.3. The molecule has 2 rings (SSSR count). The summed E-state index contributed by atoms with van der Waals surface area (Å²) in [5.74, 6) is 0.444. The monoisotopic (exact) mass is 303 g/mol. The minimum Gasteiger partial charge on any atom is -0.508 e. The van der Waals surface area contributed by atoms with Crippen LogP contribution in [0, 0.1) is 0 Å². The molecule has 0 aliphatic carbocycles. The molecule has 0 bridgehead atoms. The van der Waals surface area contributed by atoms with Crippen LogP contribution in [0.3, 0.4) is 0 Å².